The minimum atomic E-state index is -0.781. The molecule has 3 aromatic rings. The number of anilines is 3. The Hall–Kier alpha value is -4.30. The van der Waals surface area contributed by atoms with Gasteiger partial charge in [-0.15, -0.1) is 0 Å². The number of carbonyl (C=O) groups is 2. The highest BCUT2D eigenvalue weighted by Crippen LogP contribution is 2.34. The molecule has 0 aromatic heterocycles. The van der Waals surface area contributed by atoms with Gasteiger partial charge in [-0.2, -0.15) is 0 Å². The number of benzene rings is 3. The van der Waals surface area contributed by atoms with Crippen LogP contribution >= 0.6 is 0 Å². The molecule has 0 saturated heterocycles. The number of aryl methyl sites for hydroxylation is 1. The van der Waals surface area contributed by atoms with E-state index in [1.54, 1.807) is 66.7 Å². The Balaban J connectivity index is 1.80. The van der Waals surface area contributed by atoms with Crippen molar-refractivity contribution in [1.82, 2.24) is 0 Å². The van der Waals surface area contributed by atoms with Crippen molar-refractivity contribution in [3.05, 3.63) is 96.1 Å². The van der Waals surface area contributed by atoms with Crippen LogP contribution in [0.1, 0.15) is 24.2 Å². The van der Waals surface area contributed by atoms with Crippen molar-refractivity contribution in [2.24, 2.45) is 5.92 Å². The third-order valence-corrected chi connectivity index (χ3v) is 5.35. The van der Waals surface area contributed by atoms with Crippen LogP contribution in [0.15, 0.2) is 84.9 Å². The lowest BCUT2D eigenvalue weighted by molar-refractivity contribution is -0.111. The van der Waals surface area contributed by atoms with Gasteiger partial charge in [0.1, 0.15) is 18.5 Å². The monoisotopic (exact) mass is 489 g/mol. The van der Waals surface area contributed by atoms with Crippen LogP contribution in [0.25, 0.3) is 0 Å². The van der Waals surface area contributed by atoms with Gasteiger partial charge in [0.25, 0.3) is 0 Å². The first-order chi connectivity index (χ1) is 17.4. The topological polar surface area (TPSA) is 123 Å². The van der Waals surface area contributed by atoms with Gasteiger partial charge in [0.2, 0.25) is 5.91 Å². The summed E-state index contributed by atoms with van der Waals surface area (Å²) in [6.07, 6.45) is 1.60. The number of ether oxygens (including phenoxy) is 2. The fourth-order valence-electron chi connectivity index (χ4n) is 3.48. The van der Waals surface area contributed by atoms with E-state index in [0.717, 1.165) is 5.56 Å². The summed E-state index contributed by atoms with van der Waals surface area (Å²) < 4.78 is 11.5. The fraction of sp³-hybridized carbons (Fsp3) is 0.214. The molecular weight excluding hydrogens is 458 g/mol. The van der Waals surface area contributed by atoms with Crippen LogP contribution in [-0.2, 0) is 9.53 Å². The zero-order valence-electron chi connectivity index (χ0n) is 20.3. The maximum absolute atomic E-state index is 12.8. The summed E-state index contributed by atoms with van der Waals surface area (Å²) in [5.74, 6) is -0.305. The maximum atomic E-state index is 12.8. The van der Waals surface area contributed by atoms with Crippen LogP contribution in [0.4, 0.5) is 21.9 Å². The lowest BCUT2D eigenvalue weighted by Gasteiger charge is -2.25. The second-order valence-electron chi connectivity index (χ2n) is 8.22. The number of nitrogens with two attached hydrogens (primary N) is 1. The van der Waals surface area contributed by atoms with Crippen molar-refractivity contribution in [2.45, 2.75) is 20.0 Å². The minimum absolute atomic E-state index is 0.0877. The first kappa shape index (κ1) is 26.3. The van der Waals surface area contributed by atoms with Gasteiger partial charge in [0.05, 0.1) is 18.0 Å². The molecule has 0 bridgehead atoms. The summed E-state index contributed by atoms with van der Waals surface area (Å²) in [4.78, 5) is 25.3. The van der Waals surface area contributed by atoms with Gasteiger partial charge in [-0.05, 0) is 43.3 Å². The van der Waals surface area contributed by atoms with Crippen LogP contribution in [0.3, 0.4) is 0 Å². The van der Waals surface area contributed by atoms with Gasteiger partial charge in [-0.1, -0.05) is 61.0 Å². The molecule has 0 aliphatic heterocycles. The molecule has 0 aliphatic rings. The summed E-state index contributed by atoms with van der Waals surface area (Å²) in [7, 11) is 0. The van der Waals surface area contributed by atoms with Crippen molar-refractivity contribution < 1.29 is 24.2 Å². The molecule has 188 valence electrons. The van der Waals surface area contributed by atoms with Crippen molar-refractivity contribution in [2.75, 3.05) is 29.6 Å². The fourth-order valence-corrected chi connectivity index (χ4v) is 3.48. The van der Waals surface area contributed by atoms with Gasteiger partial charge in [-0.3, -0.25) is 10.1 Å². The maximum Gasteiger partial charge on any atom is 0.412 e. The third kappa shape index (κ3) is 7.61. The molecule has 0 fully saturated rings. The summed E-state index contributed by atoms with van der Waals surface area (Å²) in [5.41, 5.74) is 9.13. The number of carbonyl (C=O) groups excluding carboxylic acids is 2. The Kier molecular flexibility index (Phi) is 9.48. The van der Waals surface area contributed by atoms with Gasteiger partial charge < -0.3 is 25.6 Å². The highest BCUT2D eigenvalue weighted by molar-refractivity contribution is 6.01. The van der Waals surface area contributed by atoms with Crippen molar-refractivity contribution in [3.8, 4) is 5.75 Å². The highest BCUT2D eigenvalue weighted by Gasteiger charge is 2.25. The minimum Gasteiger partial charge on any atom is -0.491 e. The molecule has 0 saturated carbocycles. The number of aliphatic hydroxyl groups is 1. The van der Waals surface area contributed by atoms with Crippen LogP contribution in [0.2, 0.25) is 0 Å². The largest absolute Gasteiger partial charge is 0.491 e. The van der Waals surface area contributed by atoms with Gasteiger partial charge in [-0.25, -0.2) is 4.79 Å². The van der Waals surface area contributed by atoms with Gasteiger partial charge in [0, 0.05) is 17.2 Å². The van der Waals surface area contributed by atoms with Gasteiger partial charge in [0.15, 0.2) is 0 Å². The van der Waals surface area contributed by atoms with Crippen molar-refractivity contribution >= 4 is 29.1 Å². The molecule has 0 aliphatic carbocycles. The van der Waals surface area contributed by atoms with Crippen LogP contribution < -0.4 is 21.1 Å². The number of nitrogen functional groups attached to an aromatic ring is 1. The molecule has 2 atom stereocenters. The average Bonchev–Trinajstić information content (AvgIpc) is 2.87. The van der Waals surface area contributed by atoms with E-state index >= 15 is 0 Å². The number of nitrogens with one attached hydrogen (secondary N) is 2. The molecule has 2 amide bonds. The van der Waals surface area contributed by atoms with Crippen LogP contribution in [0, 0.1) is 12.8 Å². The average molecular weight is 490 g/mol. The Morgan fingerprint density at radius 3 is 2.42 bits per heavy atom. The SMILES string of the molecule is Cc1ccc(NC(=O)O[C@H](c2ccccc2OCCO)[C@H](C)/C=C/C(=O)Nc2ccccc2N)cc1. The number of aliphatic hydroxyl groups excluding tert-OH is 1. The Morgan fingerprint density at radius 2 is 1.69 bits per heavy atom. The van der Waals surface area contributed by atoms with Crippen molar-refractivity contribution in [3.63, 3.8) is 0 Å². The summed E-state index contributed by atoms with van der Waals surface area (Å²) >= 11 is 0. The zero-order valence-corrected chi connectivity index (χ0v) is 20.3. The Labute approximate surface area is 210 Å². The van der Waals surface area contributed by atoms with E-state index in [0.29, 0.717) is 28.4 Å². The van der Waals surface area contributed by atoms with E-state index in [1.807, 2.05) is 26.0 Å². The van der Waals surface area contributed by atoms with E-state index in [-0.39, 0.29) is 19.1 Å². The van der Waals surface area contributed by atoms with Crippen LogP contribution in [0.5, 0.6) is 5.75 Å². The molecule has 0 radical (unpaired) electrons. The molecule has 0 unspecified atom stereocenters. The first-order valence-electron chi connectivity index (χ1n) is 11.6. The molecule has 8 heteroatoms. The predicted octanol–water partition coefficient (Wildman–Crippen LogP) is 5.07. The molecule has 0 spiro atoms. The van der Waals surface area contributed by atoms with E-state index in [4.69, 9.17) is 15.2 Å². The standard InChI is InChI=1S/C28H31N3O5/c1-19-11-14-21(15-12-19)30-28(34)36-27(22-7-3-6-10-25(22)35-18-17-32)20(2)13-16-26(33)31-24-9-5-4-8-23(24)29/h3-16,20,27,32H,17-18,29H2,1-2H3,(H,30,34)(H,31,33)/b16-13+/t20-,27+/m1/s1. The lowest BCUT2D eigenvalue weighted by Crippen LogP contribution is -2.22. The highest BCUT2D eigenvalue weighted by atomic mass is 16.6. The Bertz CT molecular complexity index is 1190. The van der Waals surface area contributed by atoms with E-state index in [2.05, 4.69) is 10.6 Å². The number of hydrogen-bond donors (Lipinski definition) is 4. The second-order valence-corrected chi connectivity index (χ2v) is 8.22. The molecule has 36 heavy (non-hydrogen) atoms. The van der Waals surface area contributed by atoms with E-state index in [1.165, 1.54) is 6.08 Å². The lowest BCUT2D eigenvalue weighted by atomic mass is 9.95. The normalized spacial score (nSPS) is 12.5. The quantitative estimate of drug-likeness (QED) is 0.233. The van der Waals surface area contributed by atoms with Crippen LogP contribution in [-0.4, -0.2) is 30.3 Å². The van der Waals surface area contributed by atoms with Crippen molar-refractivity contribution in [1.29, 1.82) is 0 Å². The number of para-hydroxylation sites is 3. The molecule has 8 nitrogen and oxygen atoms in total. The smallest absolute Gasteiger partial charge is 0.412 e. The number of hydrogen-bond acceptors (Lipinski definition) is 6. The van der Waals surface area contributed by atoms with Gasteiger partial charge >= 0.3 is 6.09 Å². The zero-order chi connectivity index (χ0) is 25.9. The van der Waals surface area contributed by atoms with E-state index < -0.39 is 18.1 Å². The molecule has 3 aromatic carbocycles. The molecule has 3 rings (SSSR count). The predicted molar refractivity (Wildman–Crippen MR) is 141 cm³/mol. The molecule has 5 N–H and O–H groups in total. The first-order valence-corrected chi connectivity index (χ1v) is 11.6. The summed E-state index contributed by atoms with van der Waals surface area (Å²) in [6.45, 7) is 3.71. The number of amides is 2. The molecular formula is C28H31N3O5. The van der Waals surface area contributed by atoms with E-state index in [9.17, 15) is 14.7 Å². The number of rotatable bonds is 10. The third-order valence-electron chi connectivity index (χ3n) is 5.35. The summed E-state index contributed by atoms with van der Waals surface area (Å²) in [6, 6.07) is 21.4. The Morgan fingerprint density at radius 1 is 1.00 bits per heavy atom. The second kappa shape index (κ2) is 13.0. The summed E-state index contributed by atoms with van der Waals surface area (Å²) in [5, 5.41) is 14.7. The molecule has 0 heterocycles.